The van der Waals surface area contributed by atoms with Crippen molar-refractivity contribution in [3.8, 4) is 5.88 Å². The molecule has 4 rings (SSSR count). The zero-order valence-electron chi connectivity index (χ0n) is 20.7. The van der Waals surface area contributed by atoms with Crippen molar-refractivity contribution in [2.24, 2.45) is 0 Å². The highest BCUT2D eigenvalue weighted by atomic mass is 32.2. The largest absolute Gasteiger partial charge is 0.476 e. The molecule has 12 heteroatoms. The second kappa shape index (κ2) is 12.0. The Morgan fingerprint density at radius 1 is 1.08 bits per heavy atom. The lowest BCUT2D eigenvalue weighted by Crippen LogP contribution is -2.45. The van der Waals surface area contributed by atoms with Crippen molar-refractivity contribution in [2.75, 3.05) is 56.9 Å². The molecule has 2 aromatic heterocycles. The summed E-state index contributed by atoms with van der Waals surface area (Å²) >= 11 is 0.913. The standard InChI is InChI=1S/C25H29N5O5S2/c1-18(31)36-17-23(32)20-3-7-24(26-16-20)28-37(33,34)21-5-6-22-19(15-21)4-8-25(27-22)35-14-13-30-11-9-29(2)10-12-30/h3-8,15-16H,9-14,17H2,1-2H3,(H,26,28). The molecule has 37 heavy (non-hydrogen) atoms. The summed E-state index contributed by atoms with van der Waals surface area (Å²) in [5.74, 6) is 0.330. The number of carbonyl (C=O) groups excluding carboxylic acids is 2. The monoisotopic (exact) mass is 543 g/mol. The van der Waals surface area contributed by atoms with E-state index in [9.17, 15) is 18.0 Å². The lowest BCUT2D eigenvalue weighted by molar-refractivity contribution is -0.109. The van der Waals surface area contributed by atoms with E-state index in [1.807, 2.05) is 0 Å². The maximum absolute atomic E-state index is 12.9. The fourth-order valence-corrected chi connectivity index (χ4v) is 5.29. The molecule has 1 aliphatic rings. The highest BCUT2D eigenvalue weighted by Crippen LogP contribution is 2.22. The number of thioether (sulfide) groups is 1. The molecule has 10 nitrogen and oxygen atoms in total. The van der Waals surface area contributed by atoms with Crippen LogP contribution in [0.1, 0.15) is 17.3 Å². The molecule has 0 amide bonds. The summed E-state index contributed by atoms with van der Waals surface area (Å²) in [6.07, 6.45) is 1.29. The van der Waals surface area contributed by atoms with Crippen LogP contribution in [0.4, 0.5) is 5.82 Å². The number of Topliss-reactive ketones (excluding diaryl/α,β-unsaturated/α-hetero) is 1. The van der Waals surface area contributed by atoms with E-state index in [2.05, 4.69) is 31.5 Å². The van der Waals surface area contributed by atoms with Gasteiger partial charge in [-0.3, -0.25) is 19.2 Å². The number of nitrogens with one attached hydrogen (secondary N) is 1. The number of ketones is 1. The summed E-state index contributed by atoms with van der Waals surface area (Å²) in [4.78, 5) is 36.4. The first kappa shape index (κ1) is 27.0. The van der Waals surface area contributed by atoms with Crippen molar-refractivity contribution >= 4 is 49.4 Å². The number of sulfonamides is 1. The van der Waals surface area contributed by atoms with E-state index in [1.165, 1.54) is 37.4 Å². The molecule has 1 N–H and O–H groups in total. The van der Waals surface area contributed by atoms with Crippen molar-refractivity contribution in [3.05, 3.63) is 54.2 Å². The lowest BCUT2D eigenvalue weighted by atomic mass is 10.2. The molecular weight excluding hydrogens is 514 g/mol. The van der Waals surface area contributed by atoms with Crippen LogP contribution >= 0.6 is 11.8 Å². The number of anilines is 1. The first-order valence-electron chi connectivity index (χ1n) is 11.8. The van der Waals surface area contributed by atoms with E-state index in [4.69, 9.17) is 4.74 Å². The van der Waals surface area contributed by atoms with Gasteiger partial charge in [0.1, 0.15) is 12.4 Å². The molecule has 196 valence electrons. The number of hydrogen-bond donors (Lipinski definition) is 1. The molecule has 3 aromatic rings. The summed E-state index contributed by atoms with van der Waals surface area (Å²) in [6.45, 7) is 6.90. The van der Waals surface area contributed by atoms with E-state index in [0.29, 0.717) is 29.0 Å². The van der Waals surface area contributed by atoms with Crippen molar-refractivity contribution < 1.29 is 22.7 Å². The quantitative estimate of drug-likeness (QED) is 0.382. The first-order valence-corrected chi connectivity index (χ1v) is 14.3. The molecule has 1 aliphatic heterocycles. The normalized spacial score (nSPS) is 15.0. The van der Waals surface area contributed by atoms with E-state index in [-0.39, 0.29) is 27.4 Å². The highest BCUT2D eigenvalue weighted by Gasteiger charge is 2.17. The molecule has 1 saturated heterocycles. The summed E-state index contributed by atoms with van der Waals surface area (Å²) < 4.78 is 34.1. The van der Waals surface area contributed by atoms with E-state index < -0.39 is 10.0 Å². The van der Waals surface area contributed by atoms with Crippen molar-refractivity contribution in [1.29, 1.82) is 0 Å². The minimum atomic E-state index is -3.91. The molecule has 1 aromatic carbocycles. The first-order chi connectivity index (χ1) is 17.7. The van der Waals surface area contributed by atoms with Gasteiger partial charge in [-0.25, -0.2) is 18.4 Å². The maximum Gasteiger partial charge on any atom is 0.263 e. The average Bonchev–Trinajstić information content (AvgIpc) is 2.88. The molecule has 3 heterocycles. The van der Waals surface area contributed by atoms with Crippen LogP contribution in [0.15, 0.2) is 53.6 Å². The van der Waals surface area contributed by atoms with Crippen LogP contribution in [0, 0.1) is 0 Å². The second-order valence-corrected chi connectivity index (χ2v) is 11.6. The minimum absolute atomic E-state index is 0.0101. The number of pyridine rings is 2. The third-order valence-corrected chi connectivity index (χ3v) is 8.10. The van der Waals surface area contributed by atoms with Gasteiger partial charge in [0.2, 0.25) is 5.88 Å². The number of carbonyl (C=O) groups is 2. The van der Waals surface area contributed by atoms with Gasteiger partial charge in [0, 0.05) is 62.9 Å². The van der Waals surface area contributed by atoms with Gasteiger partial charge in [0.25, 0.3) is 10.0 Å². The second-order valence-electron chi connectivity index (χ2n) is 8.74. The Hall–Kier alpha value is -3.06. The SMILES string of the molecule is CC(=O)SCC(=O)c1ccc(NS(=O)(=O)c2ccc3nc(OCCN4CCN(C)CC4)ccc3c2)nc1. The fraction of sp³-hybridized carbons (Fsp3) is 0.360. The van der Waals surface area contributed by atoms with Crippen LogP contribution in [-0.4, -0.2) is 91.2 Å². The Balaban J connectivity index is 1.37. The lowest BCUT2D eigenvalue weighted by Gasteiger charge is -2.32. The Morgan fingerprint density at radius 2 is 1.86 bits per heavy atom. The van der Waals surface area contributed by atoms with Crippen LogP contribution in [-0.2, 0) is 14.8 Å². The zero-order chi connectivity index (χ0) is 26.4. The number of benzene rings is 1. The molecule has 0 bridgehead atoms. The summed E-state index contributed by atoms with van der Waals surface area (Å²) in [5, 5.41) is 0.507. The van der Waals surface area contributed by atoms with Gasteiger partial charge < -0.3 is 9.64 Å². The summed E-state index contributed by atoms with van der Waals surface area (Å²) in [5.41, 5.74) is 0.926. The van der Waals surface area contributed by atoms with Gasteiger partial charge in [0.15, 0.2) is 10.9 Å². The van der Waals surface area contributed by atoms with Crippen LogP contribution in [0.25, 0.3) is 10.9 Å². The highest BCUT2D eigenvalue weighted by molar-refractivity contribution is 8.14. The number of likely N-dealkylation sites (N-methyl/N-ethyl adjacent to an activating group) is 1. The molecule has 1 fully saturated rings. The van der Waals surface area contributed by atoms with E-state index in [1.54, 1.807) is 18.2 Å². The summed E-state index contributed by atoms with van der Waals surface area (Å²) in [7, 11) is -1.79. The van der Waals surface area contributed by atoms with Crippen LogP contribution in [0.2, 0.25) is 0 Å². The molecule has 0 spiro atoms. The fourth-order valence-electron chi connectivity index (χ4n) is 3.75. The Morgan fingerprint density at radius 3 is 2.57 bits per heavy atom. The van der Waals surface area contributed by atoms with E-state index in [0.717, 1.165) is 44.5 Å². The predicted molar refractivity (Wildman–Crippen MR) is 144 cm³/mol. The number of ether oxygens (including phenoxy) is 1. The molecule has 0 saturated carbocycles. The Bertz CT molecular complexity index is 1370. The molecule has 0 atom stereocenters. The summed E-state index contributed by atoms with van der Waals surface area (Å²) in [6, 6.07) is 11.1. The van der Waals surface area contributed by atoms with Gasteiger partial charge in [-0.2, -0.15) is 0 Å². The molecule has 0 radical (unpaired) electrons. The molecular formula is C25H29N5O5S2. The van der Waals surface area contributed by atoms with Gasteiger partial charge >= 0.3 is 0 Å². The number of nitrogens with zero attached hydrogens (tertiary/aromatic N) is 4. The number of hydrogen-bond acceptors (Lipinski definition) is 10. The zero-order valence-corrected chi connectivity index (χ0v) is 22.3. The Kier molecular flexibility index (Phi) is 8.75. The maximum atomic E-state index is 12.9. The predicted octanol–water partition coefficient (Wildman–Crippen LogP) is 2.52. The van der Waals surface area contributed by atoms with Crippen molar-refractivity contribution in [2.45, 2.75) is 11.8 Å². The third kappa shape index (κ3) is 7.48. The number of piperazine rings is 1. The smallest absolute Gasteiger partial charge is 0.263 e. The number of fused-ring (bicyclic) bond motifs is 1. The van der Waals surface area contributed by atoms with Crippen LogP contribution < -0.4 is 9.46 Å². The number of aromatic nitrogens is 2. The van der Waals surface area contributed by atoms with Gasteiger partial charge in [-0.1, -0.05) is 11.8 Å². The van der Waals surface area contributed by atoms with Crippen LogP contribution in [0.3, 0.4) is 0 Å². The van der Waals surface area contributed by atoms with Crippen molar-refractivity contribution in [3.63, 3.8) is 0 Å². The molecule has 0 unspecified atom stereocenters. The van der Waals surface area contributed by atoms with Crippen LogP contribution in [0.5, 0.6) is 5.88 Å². The average molecular weight is 544 g/mol. The molecule has 0 aliphatic carbocycles. The minimum Gasteiger partial charge on any atom is -0.476 e. The Labute approximate surface area is 220 Å². The third-order valence-electron chi connectivity index (χ3n) is 5.93. The van der Waals surface area contributed by atoms with Gasteiger partial charge in [0.05, 0.1) is 16.2 Å². The topological polar surface area (TPSA) is 122 Å². The van der Waals surface area contributed by atoms with Crippen molar-refractivity contribution in [1.82, 2.24) is 19.8 Å². The van der Waals surface area contributed by atoms with Gasteiger partial charge in [-0.15, -0.1) is 0 Å². The number of rotatable bonds is 10. The van der Waals surface area contributed by atoms with E-state index >= 15 is 0 Å². The van der Waals surface area contributed by atoms with Gasteiger partial charge in [-0.05, 0) is 43.4 Å².